The van der Waals surface area contributed by atoms with Crippen LogP contribution in [0.5, 0.6) is 0 Å². The van der Waals surface area contributed by atoms with Gasteiger partial charge in [0.25, 0.3) is 0 Å². The molecule has 1 aliphatic rings. The largest absolute Gasteiger partial charge is 0.480 e. The molecule has 0 amide bonds. The SMILES string of the molecule is Nc1nc(CN2Cc3n[nH]c(=O)n3CC2C(=O)O)nc2ccccc12. The fourth-order valence-corrected chi connectivity index (χ4v) is 3.04. The minimum Gasteiger partial charge on any atom is -0.480 e. The van der Waals surface area contributed by atoms with Crippen molar-refractivity contribution in [2.75, 3.05) is 5.73 Å². The third-order valence-electron chi connectivity index (χ3n) is 4.29. The lowest BCUT2D eigenvalue weighted by molar-refractivity contribution is -0.145. The number of fused-ring (bicyclic) bond motifs is 2. The van der Waals surface area contributed by atoms with E-state index in [0.29, 0.717) is 23.0 Å². The second kappa shape index (κ2) is 5.67. The van der Waals surface area contributed by atoms with Crippen LogP contribution in [0.2, 0.25) is 0 Å². The number of hydrogen-bond acceptors (Lipinski definition) is 7. The van der Waals surface area contributed by atoms with Crippen molar-refractivity contribution >= 4 is 22.7 Å². The molecule has 3 aromatic rings. The third-order valence-corrected chi connectivity index (χ3v) is 4.29. The van der Waals surface area contributed by atoms with Gasteiger partial charge >= 0.3 is 11.7 Å². The number of H-pyrrole nitrogens is 1. The third kappa shape index (κ3) is 2.62. The number of rotatable bonds is 3. The summed E-state index contributed by atoms with van der Waals surface area (Å²) in [6, 6.07) is 6.48. The standard InChI is InChI=1S/C15H15N7O3/c16-13-8-3-1-2-4-9(8)17-11(18-13)6-21-7-12-19-20-15(25)22(12)5-10(21)14(23)24/h1-4,10H,5-7H2,(H,20,25)(H,23,24)(H2,16,17,18). The molecule has 1 aromatic carbocycles. The zero-order valence-electron chi connectivity index (χ0n) is 13.1. The lowest BCUT2D eigenvalue weighted by atomic mass is 10.2. The second-order valence-electron chi connectivity index (χ2n) is 5.86. The molecule has 0 saturated carbocycles. The fourth-order valence-electron chi connectivity index (χ4n) is 3.04. The second-order valence-corrected chi connectivity index (χ2v) is 5.86. The molecule has 1 aliphatic heterocycles. The van der Waals surface area contributed by atoms with E-state index >= 15 is 0 Å². The lowest BCUT2D eigenvalue weighted by Crippen LogP contribution is -2.49. The summed E-state index contributed by atoms with van der Waals surface area (Å²) in [4.78, 5) is 33.7. The summed E-state index contributed by atoms with van der Waals surface area (Å²) in [5.74, 6) is 0.235. The van der Waals surface area contributed by atoms with E-state index in [2.05, 4.69) is 20.2 Å². The van der Waals surface area contributed by atoms with Gasteiger partial charge in [0.15, 0.2) is 0 Å². The number of hydrogen-bond donors (Lipinski definition) is 3. The van der Waals surface area contributed by atoms with Gasteiger partial charge in [0, 0.05) is 5.39 Å². The quantitative estimate of drug-likeness (QED) is 0.582. The van der Waals surface area contributed by atoms with Crippen LogP contribution in [0.15, 0.2) is 29.1 Å². The van der Waals surface area contributed by atoms with Crippen molar-refractivity contribution in [3.05, 3.63) is 46.4 Å². The fraction of sp³-hybridized carbons (Fsp3) is 0.267. The van der Waals surface area contributed by atoms with Crippen molar-refractivity contribution in [1.29, 1.82) is 0 Å². The summed E-state index contributed by atoms with van der Waals surface area (Å²) in [5.41, 5.74) is 6.28. The number of anilines is 1. The molecule has 4 N–H and O–H groups in total. The first-order valence-corrected chi connectivity index (χ1v) is 7.65. The first-order valence-electron chi connectivity index (χ1n) is 7.65. The summed E-state index contributed by atoms with van der Waals surface area (Å²) >= 11 is 0. The molecule has 128 valence electrons. The number of benzene rings is 1. The molecule has 0 fully saturated rings. The number of aliphatic carboxylic acids is 1. The van der Waals surface area contributed by atoms with E-state index in [0.717, 1.165) is 5.39 Å². The van der Waals surface area contributed by atoms with Crippen molar-refractivity contribution in [2.45, 2.75) is 25.7 Å². The highest BCUT2D eigenvalue weighted by Gasteiger charge is 2.34. The monoisotopic (exact) mass is 341 g/mol. The number of aromatic amines is 1. The molecule has 0 saturated heterocycles. The van der Waals surface area contributed by atoms with Gasteiger partial charge in [0.2, 0.25) is 0 Å². The molecule has 0 aliphatic carbocycles. The maximum Gasteiger partial charge on any atom is 0.343 e. The van der Waals surface area contributed by atoms with Crippen LogP contribution in [0.3, 0.4) is 0 Å². The first-order chi connectivity index (χ1) is 12.0. The van der Waals surface area contributed by atoms with Crippen LogP contribution in [-0.2, 0) is 24.4 Å². The molecule has 0 radical (unpaired) electrons. The number of nitrogens with zero attached hydrogens (tertiary/aromatic N) is 5. The molecule has 0 bridgehead atoms. The van der Waals surface area contributed by atoms with E-state index in [-0.39, 0.29) is 19.6 Å². The summed E-state index contributed by atoms with van der Waals surface area (Å²) in [6.07, 6.45) is 0. The van der Waals surface area contributed by atoms with Crippen LogP contribution < -0.4 is 11.4 Å². The molecule has 1 unspecified atom stereocenters. The predicted octanol–water partition coefficient (Wildman–Crippen LogP) is -0.434. The minimum absolute atomic E-state index is 0.0169. The van der Waals surface area contributed by atoms with Crippen LogP contribution in [0.4, 0.5) is 5.82 Å². The zero-order chi connectivity index (χ0) is 17.6. The Bertz CT molecular complexity index is 1030. The van der Waals surface area contributed by atoms with Crippen LogP contribution >= 0.6 is 0 Å². The number of aromatic nitrogens is 5. The Hall–Kier alpha value is -3.27. The normalized spacial score (nSPS) is 17.5. The van der Waals surface area contributed by atoms with Crippen molar-refractivity contribution in [3.63, 3.8) is 0 Å². The topological polar surface area (TPSA) is 143 Å². The Balaban J connectivity index is 1.69. The molecule has 10 heteroatoms. The van der Waals surface area contributed by atoms with Gasteiger partial charge in [-0.05, 0) is 12.1 Å². The number of nitrogens with two attached hydrogens (primary N) is 1. The van der Waals surface area contributed by atoms with Crippen LogP contribution in [-0.4, -0.2) is 46.8 Å². The number of para-hydroxylation sites is 1. The number of nitrogens with one attached hydrogen (secondary N) is 1. The number of carbonyl (C=O) groups is 1. The average Bonchev–Trinajstić information content (AvgIpc) is 2.94. The average molecular weight is 341 g/mol. The number of nitrogen functional groups attached to an aromatic ring is 1. The minimum atomic E-state index is -1.02. The molecule has 2 aromatic heterocycles. The van der Waals surface area contributed by atoms with Crippen molar-refractivity contribution in [3.8, 4) is 0 Å². The smallest absolute Gasteiger partial charge is 0.343 e. The summed E-state index contributed by atoms with van der Waals surface area (Å²) in [5, 5.41) is 16.5. The van der Waals surface area contributed by atoms with E-state index in [1.165, 1.54) is 4.57 Å². The molecular weight excluding hydrogens is 326 g/mol. The van der Waals surface area contributed by atoms with Crippen molar-refractivity contribution in [2.24, 2.45) is 0 Å². The Morgan fingerprint density at radius 2 is 2.16 bits per heavy atom. The molecular formula is C15H15N7O3. The molecule has 25 heavy (non-hydrogen) atoms. The van der Waals surface area contributed by atoms with Crippen LogP contribution in [0.1, 0.15) is 11.6 Å². The van der Waals surface area contributed by atoms with Crippen LogP contribution in [0, 0.1) is 0 Å². The van der Waals surface area contributed by atoms with Crippen LogP contribution in [0.25, 0.3) is 10.9 Å². The van der Waals surface area contributed by atoms with Gasteiger partial charge in [-0.15, -0.1) is 0 Å². The first kappa shape index (κ1) is 15.3. The van der Waals surface area contributed by atoms with Gasteiger partial charge in [-0.25, -0.2) is 19.9 Å². The molecule has 10 nitrogen and oxygen atoms in total. The van der Waals surface area contributed by atoms with Crippen molar-refractivity contribution < 1.29 is 9.90 Å². The molecule has 4 rings (SSSR count). The Kier molecular flexibility index (Phi) is 3.46. The van der Waals surface area contributed by atoms with Gasteiger partial charge in [0.1, 0.15) is 23.5 Å². The Morgan fingerprint density at radius 1 is 1.36 bits per heavy atom. The lowest BCUT2D eigenvalue weighted by Gasteiger charge is -2.32. The maximum atomic E-state index is 11.7. The van der Waals surface area contributed by atoms with E-state index in [1.807, 2.05) is 24.3 Å². The highest BCUT2D eigenvalue weighted by molar-refractivity contribution is 5.87. The van der Waals surface area contributed by atoms with Gasteiger partial charge in [-0.1, -0.05) is 12.1 Å². The van der Waals surface area contributed by atoms with E-state index in [9.17, 15) is 14.7 Å². The highest BCUT2D eigenvalue weighted by Crippen LogP contribution is 2.20. The molecule has 3 heterocycles. The zero-order valence-corrected chi connectivity index (χ0v) is 13.1. The number of carboxylic acids is 1. The van der Waals surface area contributed by atoms with Gasteiger partial charge in [-0.3, -0.25) is 14.3 Å². The Labute approximate surface area is 140 Å². The van der Waals surface area contributed by atoms with Crippen molar-refractivity contribution in [1.82, 2.24) is 29.6 Å². The van der Waals surface area contributed by atoms with E-state index in [4.69, 9.17) is 5.73 Å². The maximum absolute atomic E-state index is 11.7. The van der Waals surface area contributed by atoms with E-state index < -0.39 is 17.7 Å². The number of carboxylic acid groups (broad SMARTS) is 1. The summed E-state index contributed by atoms with van der Waals surface area (Å²) in [7, 11) is 0. The van der Waals surface area contributed by atoms with E-state index in [1.54, 1.807) is 4.90 Å². The summed E-state index contributed by atoms with van der Waals surface area (Å²) < 4.78 is 1.34. The van der Waals surface area contributed by atoms with Gasteiger partial charge in [0.05, 0.1) is 25.2 Å². The van der Waals surface area contributed by atoms with Gasteiger partial charge < -0.3 is 10.8 Å². The predicted molar refractivity (Wildman–Crippen MR) is 87.5 cm³/mol. The summed E-state index contributed by atoms with van der Waals surface area (Å²) in [6.45, 7) is 0.405. The molecule has 0 spiro atoms. The highest BCUT2D eigenvalue weighted by atomic mass is 16.4. The Morgan fingerprint density at radius 3 is 2.96 bits per heavy atom. The molecule has 1 atom stereocenters. The van der Waals surface area contributed by atoms with Gasteiger partial charge in [-0.2, -0.15) is 5.10 Å².